The van der Waals surface area contributed by atoms with Crippen LogP contribution in [0, 0.1) is 18.6 Å². The van der Waals surface area contributed by atoms with Gasteiger partial charge in [0.15, 0.2) is 10.1 Å². The highest BCUT2D eigenvalue weighted by molar-refractivity contribution is 7.90. The lowest BCUT2D eigenvalue weighted by Crippen LogP contribution is -2.35. The van der Waals surface area contributed by atoms with Crippen molar-refractivity contribution in [1.29, 1.82) is 0 Å². The maximum Gasteiger partial charge on any atom is 0.333 e. The fourth-order valence-corrected chi connectivity index (χ4v) is 12.1. The van der Waals surface area contributed by atoms with Crippen LogP contribution >= 0.6 is 0 Å². The largest absolute Gasteiger partial charge is 0.481 e. The Morgan fingerprint density at radius 1 is 0.591 bits per heavy atom. The molecular weight excluding hydrogens is 1200 g/mol. The molecule has 4 aromatic heterocycles. The van der Waals surface area contributed by atoms with Gasteiger partial charge in [0, 0.05) is 73.3 Å². The SMILES string of the molecule is CC(C)c1cc(F)cc(-c2ccnc(N(C)C)c2)c1NC(=O)NS(=O)(=O)c1ccn(C(C)C)n1.COc1cc(-c2cc(F)cc(C(C)C)c2NC(=O)NS(=O)(=O)c2ccn(C(C)C)n2)cc(C)n1.CS(=O)(=O)NC(=O)Nc1c2c(cc3c1CCC3)CCC2. The zero-order valence-electron chi connectivity index (χ0n) is 51.3. The molecule has 23 nitrogen and oxygen atoms in total. The number of urea groups is 3. The fourth-order valence-electron chi connectivity index (χ4n) is 10.0. The van der Waals surface area contributed by atoms with Crippen molar-refractivity contribution in [2.75, 3.05) is 48.3 Å². The molecule has 2 aliphatic carbocycles. The minimum absolute atomic E-state index is 0.0411. The number of hydrogen-bond donors (Lipinski definition) is 6. The van der Waals surface area contributed by atoms with Gasteiger partial charge in [0.1, 0.15) is 17.5 Å². The van der Waals surface area contributed by atoms with Crippen LogP contribution in [0.5, 0.6) is 5.88 Å². The number of sulfonamides is 3. The van der Waals surface area contributed by atoms with Gasteiger partial charge in [-0.05, 0) is 184 Å². The molecule has 88 heavy (non-hydrogen) atoms. The summed E-state index contributed by atoms with van der Waals surface area (Å²) >= 11 is 0. The molecule has 0 radical (unpaired) electrons. The van der Waals surface area contributed by atoms with E-state index in [1.165, 1.54) is 87.5 Å². The number of rotatable bonds is 16. The van der Waals surface area contributed by atoms with Gasteiger partial charge in [0.25, 0.3) is 20.0 Å². The van der Waals surface area contributed by atoms with Crippen molar-refractivity contribution in [3.63, 3.8) is 0 Å². The first-order valence-corrected chi connectivity index (χ1v) is 33.2. The van der Waals surface area contributed by atoms with Crippen molar-refractivity contribution in [1.82, 2.24) is 43.7 Å². The molecule has 0 saturated heterocycles. The highest BCUT2D eigenvalue weighted by Crippen LogP contribution is 2.41. The van der Waals surface area contributed by atoms with E-state index in [1.54, 1.807) is 42.3 Å². The molecule has 6 N–H and O–H groups in total. The van der Waals surface area contributed by atoms with Crippen LogP contribution in [0.1, 0.15) is 131 Å². The molecule has 9 rings (SSSR count). The zero-order chi connectivity index (χ0) is 64.7. The Morgan fingerprint density at radius 2 is 1.05 bits per heavy atom. The number of halogens is 2. The number of aromatic nitrogens is 6. The number of nitrogens with one attached hydrogen (secondary N) is 6. The number of carbonyl (C=O) groups excluding carboxylic acids is 3. The van der Waals surface area contributed by atoms with Gasteiger partial charge in [-0.15, -0.1) is 0 Å². The van der Waals surface area contributed by atoms with Crippen LogP contribution in [0.2, 0.25) is 0 Å². The summed E-state index contributed by atoms with van der Waals surface area (Å²) in [4.78, 5) is 47.8. The van der Waals surface area contributed by atoms with Crippen LogP contribution in [0.25, 0.3) is 22.3 Å². The molecule has 0 spiro atoms. The summed E-state index contributed by atoms with van der Waals surface area (Å²) < 4.78 is 116. The van der Waals surface area contributed by atoms with E-state index in [0.29, 0.717) is 56.5 Å². The van der Waals surface area contributed by atoms with Crippen LogP contribution in [-0.4, -0.2) is 100 Å². The molecule has 2 aliphatic rings. The van der Waals surface area contributed by atoms with Crippen molar-refractivity contribution < 1.29 is 53.2 Å². The quantitative estimate of drug-likeness (QED) is 0.0524. The van der Waals surface area contributed by atoms with Crippen molar-refractivity contribution >= 4 is 71.0 Å². The minimum atomic E-state index is -4.23. The lowest BCUT2D eigenvalue weighted by molar-refractivity contribution is 0.255. The Morgan fingerprint density at radius 3 is 1.47 bits per heavy atom. The van der Waals surface area contributed by atoms with E-state index >= 15 is 0 Å². The van der Waals surface area contributed by atoms with Gasteiger partial charge in [-0.1, -0.05) is 33.8 Å². The number of aryl methyl sites for hydroxylation is 3. The molecule has 0 fully saturated rings. The molecule has 0 atom stereocenters. The predicted octanol–water partition coefficient (Wildman–Crippen LogP) is 10.7. The maximum atomic E-state index is 14.6. The molecule has 6 amide bonds. The summed E-state index contributed by atoms with van der Waals surface area (Å²) in [7, 11) is -6.85. The molecule has 0 unspecified atom stereocenters. The second-order valence-corrected chi connectivity index (χ2v) is 27.6. The Bertz CT molecular complexity index is 4080. The topological polar surface area (TPSA) is 300 Å². The van der Waals surface area contributed by atoms with Gasteiger partial charge in [-0.25, -0.2) is 55.7 Å². The van der Waals surface area contributed by atoms with Crippen LogP contribution in [0.4, 0.5) is 46.0 Å². The van der Waals surface area contributed by atoms with E-state index in [2.05, 4.69) is 42.2 Å². The number of benzene rings is 3. The number of amides is 6. The summed E-state index contributed by atoms with van der Waals surface area (Å²) in [6.07, 6.45) is 11.8. The summed E-state index contributed by atoms with van der Waals surface area (Å²) in [5, 5.41) is 15.5. The zero-order valence-corrected chi connectivity index (χ0v) is 53.8. The Labute approximate surface area is 512 Å². The van der Waals surface area contributed by atoms with E-state index < -0.39 is 59.8 Å². The molecule has 4 heterocycles. The first-order valence-electron chi connectivity index (χ1n) is 28.3. The van der Waals surface area contributed by atoms with Crippen LogP contribution in [-0.2, 0) is 55.8 Å². The Balaban J connectivity index is 0.000000195. The second-order valence-electron chi connectivity index (χ2n) is 22.6. The van der Waals surface area contributed by atoms with Gasteiger partial charge in [0.05, 0.1) is 24.7 Å². The van der Waals surface area contributed by atoms with E-state index in [1.807, 2.05) is 83.7 Å². The van der Waals surface area contributed by atoms with E-state index in [0.717, 1.165) is 50.5 Å². The van der Waals surface area contributed by atoms with Crippen molar-refractivity contribution in [2.45, 2.75) is 135 Å². The van der Waals surface area contributed by atoms with Crippen LogP contribution in [0.3, 0.4) is 0 Å². The maximum absolute atomic E-state index is 14.6. The number of nitrogens with zero attached hydrogens (tertiary/aromatic N) is 7. The van der Waals surface area contributed by atoms with E-state index in [9.17, 15) is 48.4 Å². The normalized spacial score (nSPS) is 12.8. The van der Waals surface area contributed by atoms with Crippen LogP contribution < -0.4 is 39.8 Å². The molecule has 7 aromatic rings. The van der Waals surface area contributed by atoms with E-state index in [4.69, 9.17) is 4.74 Å². The second kappa shape index (κ2) is 27.7. The monoisotopic (exact) mass is 1270 g/mol. The Kier molecular flexibility index (Phi) is 21.1. The van der Waals surface area contributed by atoms with Crippen molar-refractivity contribution in [2.24, 2.45) is 0 Å². The van der Waals surface area contributed by atoms with E-state index in [-0.39, 0.29) is 39.7 Å². The van der Waals surface area contributed by atoms with Crippen LogP contribution in [0.15, 0.2) is 95.4 Å². The van der Waals surface area contributed by atoms with Gasteiger partial charge in [0.2, 0.25) is 15.9 Å². The van der Waals surface area contributed by atoms with Crippen molar-refractivity contribution in [3.05, 3.63) is 136 Å². The van der Waals surface area contributed by atoms with Gasteiger partial charge < -0.3 is 25.6 Å². The Hall–Kier alpha value is -8.50. The number of methoxy groups -OCH3 is 1. The minimum Gasteiger partial charge on any atom is -0.481 e. The molecule has 0 saturated carbocycles. The molecule has 28 heteroatoms. The predicted molar refractivity (Wildman–Crippen MR) is 334 cm³/mol. The number of anilines is 4. The van der Waals surface area contributed by atoms with Gasteiger partial charge in [-0.3, -0.25) is 9.36 Å². The smallest absolute Gasteiger partial charge is 0.333 e. The third-order valence-electron chi connectivity index (χ3n) is 14.2. The van der Waals surface area contributed by atoms with Crippen molar-refractivity contribution in [3.8, 4) is 28.1 Å². The lowest BCUT2D eigenvalue weighted by atomic mass is 9.94. The summed E-state index contributed by atoms with van der Waals surface area (Å²) in [5.41, 5.74) is 10.0. The lowest BCUT2D eigenvalue weighted by Gasteiger charge is -2.20. The fraction of sp³-hybridized carbons (Fsp3) is 0.383. The first kappa shape index (κ1) is 67.0. The number of pyridine rings is 2. The first-order chi connectivity index (χ1) is 41.2. The third kappa shape index (κ3) is 16.8. The molecule has 0 bridgehead atoms. The average molecular weight is 1270 g/mol. The summed E-state index contributed by atoms with van der Waals surface area (Å²) in [6.45, 7) is 16.6. The average Bonchev–Trinajstić information content (AvgIpc) is 3.62. The standard InChI is InChI=1S/C23H29FN6O3S.C23H28FN5O4S.C14H18N2O3S/c1-14(2)18-12-17(24)13-19(16-7-9-25-20(11-16)29(5)6)22(18)26-23(31)28-34(32,33)21-8-10-30(27-21)15(3)4;1-13(2)18-11-17(24)12-19(16-9-15(5)25-20(10-16)33-6)22(18)26-23(30)28-34(31,32)21-7-8-29(27-21)14(3)4;1-20(18,19)16-14(17)15-13-11-6-2-4-9(11)8-10-5-3-7-12(10)13/h7-15H,1-6H3,(H2,26,28,31);7-14H,1-6H3,(H2,26,28,30);8H,2-7H2,1H3,(H2,15,16,17). The molecule has 0 aliphatic heterocycles. The third-order valence-corrected chi connectivity index (χ3v) is 17.2. The number of fused-ring (bicyclic) bond motifs is 2. The number of ether oxygens (including phenoxy) is 1. The van der Waals surface area contributed by atoms with Gasteiger partial charge >= 0.3 is 18.1 Å². The molecule has 3 aromatic carbocycles. The molecule has 472 valence electrons. The highest BCUT2D eigenvalue weighted by Gasteiger charge is 2.28. The summed E-state index contributed by atoms with van der Waals surface area (Å²) in [5.74, 6) is -0.327. The number of carbonyl (C=O) groups is 3. The number of hydrogen-bond acceptors (Lipinski definition) is 15. The summed E-state index contributed by atoms with van der Waals surface area (Å²) in [6, 6.07) is 14.2. The molecular formula is C60H75F2N13O10S3. The van der Waals surface area contributed by atoms with Gasteiger partial charge in [-0.2, -0.15) is 27.0 Å². The highest BCUT2D eigenvalue weighted by atomic mass is 32.2.